The van der Waals surface area contributed by atoms with Gasteiger partial charge in [0.1, 0.15) is 17.9 Å². The molecular weight excluding hydrogens is 422 g/mol. The molecular formula is C25H21N3O5. The second-order valence-electron chi connectivity index (χ2n) is 6.80. The Morgan fingerprint density at radius 3 is 1.97 bits per heavy atom. The molecule has 4 rings (SSSR count). The van der Waals surface area contributed by atoms with Crippen LogP contribution in [0, 0.1) is 0 Å². The summed E-state index contributed by atoms with van der Waals surface area (Å²) in [6.45, 7) is 0.121. The van der Waals surface area contributed by atoms with Gasteiger partial charge in [0.25, 0.3) is 0 Å². The van der Waals surface area contributed by atoms with Crippen molar-refractivity contribution in [1.82, 2.24) is 15.0 Å². The van der Waals surface area contributed by atoms with E-state index in [1.807, 2.05) is 66.7 Å². The zero-order valence-corrected chi connectivity index (χ0v) is 18.1. The van der Waals surface area contributed by atoms with Crippen molar-refractivity contribution < 1.29 is 23.7 Å². The third kappa shape index (κ3) is 5.24. The number of carbonyl (C=O) groups excluding carboxylic acids is 1. The molecule has 8 heteroatoms. The highest BCUT2D eigenvalue weighted by Crippen LogP contribution is 2.34. The molecule has 1 heterocycles. The van der Waals surface area contributed by atoms with Crippen LogP contribution in [0.1, 0.15) is 15.9 Å². The summed E-state index contributed by atoms with van der Waals surface area (Å²) in [5.74, 6) is -0.314. The first-order chi connectivity index (χ1) is 16.2. The standard InChI is InChI=1S/C25H21N3O5/c1-30-23-26-24(31-2)28-25(27-23)33-20-15-9-14-19(18-12-7-4-8-13-18)21(20)22(29)32-16-17-10-5-3-6-11-17/h3-15H,16H2,1-2H3. The Balaban J connectivity index is 1.73. The number of carbonyl (C=O) groups is 1. The molecule has 3 aromatic carbocycles. The van der Waals surface area contributed by atoms with Gasteiger partial charge in [0.2, 0.25) is 0 Å². The lowest BCUT2D eigenvalue weighted by Crippen LogP contribution is -2.10. The highest BCUT2D eigenvalue weighted by molar-refractivity contribution is 6.00. The summed E-state index contributed by atoms with van der Waals surface area (Å²) in [5.41, 5.74) is 2.61. The van der Waals surface area contributed by atoms with Crippen LogP contribution in [-0.2, 0) is 11.3 Å². The molecule has 8 nitrogen and oxygen atoms in total. The molecule has 0 aliphatic rings. The van der Waals surface area contributed by atoms with E-state index >= 15 is 0 Å². The molecule has 0 N–H and O–H groups in total. The van der Waals surface area contributed by atoms with Gasteiger partial charge in [-0.3, -0.25) is 0 Å². The number of ether oxygens (including phenoxy) is 4. The molecule has 0 saturated heterocycles. The van der Waals surface area contributed by atoms with Crippen LogP contribution in [0.4, 0.5) is 0 Å². The second-order valence-corrected chi connectivity index (χ2v) is 6.80. The van der Waals surface area contributed by atoms with E-state index in [0.29, 0.717) is 5.56 Å². The molecule has 0 spiro atoms. The van der Waals surface area contributed by atoms with E-state index in [-0.39, 0.29) is 36.0 Å². The Kier molecular flexibility index (Phi) is 6.75. The van der Waals surface area contributed by atoms with Crippen molar-refractivity contribution in [2.24, 2.45) is 0 Å². The van der Waals surface area contributed by atoms with Crippen molar-refractivity contribution in [3.05, 3.63) is 90.0 Å². The van der Waals surface area contributed by atoms with E-state index in [1.165, 1.54) is 14.2 Å². The summed E-state index contributed by atoms with van der Waals surface area (Å²) in [6.07, 6.45) is 0. The summed E-state index contributed by atoms with van der Waals surface area (Å²) < 4.78 is 21.7. The summed E-state index contributed by atoms with van der Waals surface area (Å²) in [5, 5.41) is 0. The van der Waals surface area contributed by atoms with Crippen molar-refractivity contribution in [2.75, 3.05) is 14.2 Å². The first-order valence-electron chi connectivity index (χ1n) is 10.1. The summed E-state index contributed by atoms with van der Waals surface area (Å²) in [6, 6.07) is 24.2. The number of nitrogens with zero attached hydrogens (tertiary/aromatic N) is 3. The van der Waals surface area contributed by atoms with E-state index in [1.54, 1.807) is 12.1 Å². The fourth-order valence-corrected chi connectivity index (χ4v) is 3.13. The molecule has 0 bridgehead atoms. The van der Waals surface area contributed by atoms with Crippen molar-refractivity contribution >= 4 is 5.97 Å². The van der Waals surface area contributed by atoms with E-state index in [9.17, 15) is 4.79 Å². The molecule has 0 saturated carbocycles. The lowest BCUT2D eigenvalue weighted by molar-refractivity contribution is 0.0470. The molecule has 0 amide bonds. The van der Waals surface area contributed by atoms with Crippen LogP contribution in [0.3, 0.4) is 0 Å². The third-order valence-corrected chi connectivity index (χ3v) is 4.67. The Morgan fingerprint density at radius 2 is 1.33 bits per heavy atom. The van der Waals surface area contributed by atoms with Crippen LogP contribution in [0.2, 0.25) is 0 Å². The maximum absolute atomic E-state index is 13.3. The maximum Gasteiger partial charge on any atom is 0.342 e. The van der Waals surface area contributed by atoms with Crippen LogP contribution < -0.4 is 14.2 Å². The largest absolute Gasteiger partial charge is 0.467 e. The third-order valence-electron chi connectivity index (χ3n) is 4.67. The van der Waals surface area contributed by atoms with Crippen LogP contribution >= 0.6 is 0 Å². The van der Waals surface area contributed by atoms with Crippen molar-refractivity contribution in [3.63, 3.8) is 0 Å². The number of aromatic nitrogens is 3. The van der Waals surface area contributed by atoms with Crippen LogP contribution in [0.5, 0.6) is 23.8 Å². The average molecular weight is 443 g/mol. The summed E-state index contributed by atoms with van der Waals surface area (Å²) in [4.78, 5) is 25.4. The van der Waals surface area contributed by atoms with Gasteiger partial charge in [-0.25, -0.2) is 4.79 Å². The van der Waals surface area contributed by atoms with Gasteiger partial charge in [0.15, 0.2) is 0 Å². The van der Waals surface area contributed by atoms with E-state index in [0.717, 1.165) is 11.1 Å². The molecule has 0 unspecified atom stereocenters. The number of benzene rings is 3. The van der Waals surface area contributed by atoms with E-state index in [4.69, 9.17) is 18.9 Å². The van der Waals surface area contributed by atoms with E-state index < -0.39 is 5.97 Å². The topological polar surface area (TPSA) is 92.7 Å². The molecule has 33 heavy (non-hydrogen) atoms. The fourth-order valence-electron chi connectivity index (χ4n) is 3.13. The van der Waals surface area contributed by atoms with Crippen LogP contribution in [-0.4, -0.2) is 35.1 Å². The molecule has 0 radical (unpaired) electrons. The SMILES string of the molecule is COc1nc(OC)nc(Oc2cccc(-c3ccccc3)c2C(=O)OCc2ccccc2)n1. The van der Waals surface area contributed by atoms with Gasteiger partial charge >= 0.3 is 24.0 Å². The Morgan fingerprint density at radius 1 is 0.727 bits per heavy atom. The van der Waals surface area contributed by atoms with Crippen molar-refractivity contribution in [2.45, 2.75) is 6.61 Å². The number of esters is 1. The molecule has 0 atom stereocenters. The normalized spacial score (nSPS) is 10.4. The van der Waals surface area contributed by atoms with Gasteiger partial charge in [-0.1, -0.05) is 72.8 Å². The van der Waals surface area contributed by atoms with Crippen LogP contribution in [0.25, 0.3) is 11.1 Å². The van der Waals surface area contributed by atoms with Gasteiger partial charge in [-0.2, -0.15) is 0 Å². The first kappa shape index (κ1) is 21.8. The minimum atomic E-state index is -0.540. The number of methoxy groups -OCH3 is 2. The second kappa shape index (κ2) is 10.2. The fraction of sp³-hybridized carbons (Fsp3) is 0.120. The first-order valence-corrected chi connectivity index (χ1v) is 10.1. The molecule has 1 aromatic heterocycles. The number of rotatable bonds is 8. The maximum atomic E-state index is 13.3. The quantitative estimate of drug-likeness (QED) is 0.362. The molecule has 4 aromatic rings. The number of hydrogen-bond donors (Lipinski definition) is 0. The molecule has 0 fully saturated rings. The Bertz CT molecular complexity index is 1210. The van der Waals surface area contributed by atoms with Crippen LogP contribution in [0.15, 0.2) is 78.9 Å². The van der Waals surface area contributed by atoms with Crippen molar-refractivity contribution in [1.29, 1.82) is 0 Å². The highest BCUT2D eigenvalue weighted by atomic mass is 16.5. The van der Waals surface area contributed by atoms with Gasteiger partial charge in [-0.15, -0.1) is 15.0 Å². The van der Waals surface area contributed by atoms with Gasteiger partial charge < -0.3 is 18.9 Å². The minimum absolute atomic E-state index is 0.0178. The number of hydrogen-bond acceptors (Lipinski definition) is 8. The zero-order chi connectivity index (χ0) is 23.0. The highest BCUT2D eigenvalue weighted by Gasteiger charge is 2.22. The van der Waals surface area contributed by atoms with E-state index in [2.05, 4.69) is 15.0 Å². The van der Waals surface area contributed by atoms with Gasteiger partial charge in [-0.05, 0) is 22.8 Å². The van der Waals surface area contributed by atoms with Crippen molar-refractivity contribution in [3.8, 4) is 34.9 Å². The lowest BCUT2D eigenvalue weighted by Gasteiger charge is -2.15. The molecule has 166 valence electrons. The van der Waals surface area contributed by atoms with Gasteiger partial charge in [0, 0.05) is 0 Å². The Hall–Kier alpha value is -4.46. The molecule has 0 aliphatic carbocycles. The van der Waals surface area contributed by atoms with Gasteiger partial charge in [0.05, 0.1) is 14.2 Å². The minimum Gasteiger partial charge on any atom is -0.467 e. The predicted molar refractivity (Wildman–Crippen MR) is 120 cm³/mol. The smallest absolute Gasteiger partial charge is 0.342 e. The Labute approximate surface area is 190 Å². The average Bonchev–Trinajstić information content (AvgIpc) is 2.88. The lowest BCUT2D eigenvalue weighted by atomic mass is 9.99. The molecule has 0 aliphatic heterocycles. The summed E-state index contributed by atoms with van der Waals surface area (Å²) >= 11 is 0. The predicted octanol–water partition coefficient (Wildman–Crippen LogP) is 4.71. The zero-order valence-electron chi connectivity index (χ0n) is 18.1. The monoisotopic (exact) mass is 443 g/mol. The summed E-state index contributed by atoms with van der Waals surface area (Å²) in [7, 11) is 2.84.